The zero-order valence-electron chi connectivity index (χ0n) is 11.0. The molecule has 0 radical (unpaired) electrons. The number of rotatable bonds is 2. The third kappa shape index (κ3) is 2.73. The summed E-state index contributed by atoms with van der Waals surface area (Å²) in [5, 5.41) is 2.05. The predicted octanol–water partition coefficient (Wildman–Crippen LogP) is 5.48. The van der Waals surface area contributed by atoms with Crippen LogP contribution < -0.4 is 0 Å². The number of ketones is 1. The summed E-state index contributed by atoms with van der Waals surface area (Å²) in [6.07, 6.45) is 1.82. The Morgan fingerprint density at radius 1 is 1.10 bits per heavy atom. The summed E-state index contributed by atoms with van der Waals surface area (Å²) in [7, 11) is 1.89. The van der Waals surface area contributed by atoms with E-state index in [9.17, 15) is 4.79 Å². The van der Waals surface area contributed by atoms with Gasteiger partial charge >= 0.3 is 0 Å². The van der Waals surface area contributed by atoms with Crippen LogP contribution in [-0.2, 0) is 7.05 Å². The van der Waals surface area contributed by atoms with Crippen LogP contribution in [0.25, 0.3) is 10.9 Å². The standard InChI is InChI=1S/C16H10BrCl2NO/c1-20-8-14(13-3-2-11(18)7-15(13)20)16(21)9-4-10(17)6-12(19)5-9/h2-8H,1H3. The molecule has 0 N–H and O–H groups in total. The van der Waals surface area contributed by atoms with Crippen molar-refractivity contribution >= 4 is 55.8 Å². The lowest BCUT2D eigenvalue weighted by Crippen LogP contribution is -2.00. The van der Waals surface area contributed by atoms with E-state index in [4.69, 9.17) is 23.2 Å². The Balaban J connectivity index is 2.18. The molecule has 0 amide bonds. The lowest BCUT2D eigenvalue weighted by molar-refractivity contribution is 0.104. The van der Waals surface area contributed by atoms with Crippen LogP contribution in [0.2, 0.25) is 10.0 Å². The molecule has 0 unspecified atom stereocenters. The molecule has 0 saturated carbocycles. The summed E-state index contributed by atoms with van der Waals surface area (Å²) >= 11 is 15.4. The minimum atomic E-state index is -0.0638. The highest BCUT2D eigenvalue weighted by atomic mass is 79.9. The van der Waals surface area contributed by atoms with Gasteiger partial charge in [0.15, 0.2) is 5.78 Å². The van der Waals surface area contributed by atoms with E-state index in [-0.39, 0.29) is 5.78 Å². The molecule has 3 rings (SSSR count). The van der Waals surface area contributed by atoms with Gasteiger partial charge in [-0.25, -0.2) is 0 Å². The number of halogens is 3. The van der Waals surface area contributed by atoms with Crippen LogP contribution >= 0.6 is 39.1 Å². The van der Waals surface area contributed by atoms with Crippen LogP contribution in [0.3, 0.4) is 0 Å². The van der Waals surface area contributed by atoms with Crippen molar-refractivity contribution in [1.82, 2.24) is 4.57 Å². The smallest absolute Gasteiger partial charge is 0.195 e. The summed E-state index contributed by atoms with van der Waals surface area (Å²) in [5.74, 6) is -0.0638. The van der Waals surface area contributed by atoms with Gasteiger partial charge < -0.3 is 4.57 Å². The van der Waals surface area contributed by atoms with Gasteiger partial charge in [-0.1, -0.05) is 45.2 Å². The number of fused-ring (bicyclic) bond motifs is 1. The van der Waals surface area contributed by atoms with Crippen LogP contribution in [-0.4, -0.2) is 10.4 Å². The molecule has 1 aromatic heterocycles. The van der Waals surface area contributed by atoms with Crippen molar-refractivity contribution in [2.45, 2.75) is 0 Å². The fourth-order valence-electron chi connectivity index (χ4n) is 2.38. The summed E-state index contributed by atoms with van der Waals surface area (Å²) in [6, 6.07) is 10.7. The molecular weight excluding hydrogens is 373 g/mol. The molecule has 0 saturated heterocycles. The van der Waals surface area contributed by atoms with Crippen molar-refractivity contribution in [1.29, 1.82) is 0 Å². The average Bonchev–Trinajstić information content (AvgIpc) is 2.74. The number of nitrogens with zero attached hydrogens (tertiary/aromatic N) is 1. The number of carbonyl (C=O) groups is 1. The molecular formula is C16H10BrCl2NO. The quantitative estimate of drug-likeness (QED) is 0.538. The highest BCUT2D eigenvalue weighted by molar-refractivity contribution is 9.10. The minimum absolute atomic E-state index is 0.0638. The zero-order valence-corrected chi connectivity index (χ0v) is 14.1. The fourth-order valence-corrected chi connectivity index (χ4v) is 3.40. The molecule has 106 valence electrons. The molecule has 1 heterocycles. The first kappa shape index (κ1) is 14.6. The van der Waals surface area contributed by atoms with Crippen LogP contribution in [0.1, 0.15) is 15.9 Å². The van der Waals surface area contributed by atoms with Gasteiger partial charge in [0.1, 0.15) is 0 Å². The Bertz CT molecular complexity index is 850. The van der Waals surface area contributed by atoms with E-state index in [0.29, 0.717) is 21.2 Å². The maximum atomic E-state index is 12.7. The van der Waals surface area contributed by atoms with E-state index in [1.165, 1.54) is 0 Å². The SMILES string of the molecule is Cn1cc(C(=O)c2cc(Cl)cc(Br)c2)c2ccc(Cl)cc21. The molecule has 0 fully saturated rings. The van der Waals surface area contributed by atoms with E-state index < -0.39 is 0 Å². The van der Waals surface area contributed by atoms with Crippen molar-refractivity contribution in [3.63, 3.8) is 0 Å². The first-order chi connectivity index (χ1) is 9.95. The Morgan fingerprint density at radius 3 is 2.57 bits per heavy atom. The summed E-state index contributed by atoms with van der Waals surface area (Å²) in [6.45, 7) is 0. The van der Waals surface area contributed by atoms with Crippen molar-refractivity contribution in [2.24, 2.45) is 7.05 Å². The fraction of sp³-hybridized carbons (Fsp3) is 0.0625. The number of hydrogen-bond acceptors (Lipinski definition) is 1. The van der Waals surface area contributed by atoms with E-state index in [0.717, 1.165) is 15.4 Å². The Labute approximate surface area is 140 Å². The van der Waals surface area contributed by atoms with Crippen LogP contribution in [0.4, 0.5) is 0 Å². The van der Waals surface area contributed by atoms with Gasteiger partial charge in [-0.15, -0.1) is 0 Å². The van der Waals surface area contributed by atoms with Crippen molar-refractivity contribution in [3.05, 3.63) is 68.2 Å². The van der Waals surface area contributed by atoms with E-state index in [1.807, 2.05) is 29.9 Å². The second kappa shape index (κ2) is 5.48. The molecule has 2 aromatic carbocycles. The topological polar surface area (TPSA) is 22.0 Å². The van der Waals surface area contributed by atoms with Crippen LogP contribution in [0, 0.1) is 0 Å². The number of aryl methyl sites for hydroxylation is 1. The highest BCUT2D eigenvalue weighted by Gasteiger charge is 2.16. The van der Waals surface area contributed by atoms with Crippen molar-refractivity contribution < 1.29 is 4.79 Å². The molecule has 0 aliphatic rings. The summed E-state index contributed by atoms with van der Waals surface area (Å²) in [5.41, 5.74) is 2.11. The summed E-state index contributed by atoms with van der Waals surface area (Å²) in [4.78, 5) is 12.7. The number of hydrogen-bond donors (Lipinski definition) is 0. The first-order valence-electron chi connectivity index (χ1n) is 6.21. The number of carbonyl (C=O) groups excluding carboxylic acids is 1. The van der Waals surface area contributed by atoms with Gasteiger partial charge in [0.2, 0.25) is 0 Å². The monoisotopic (exact) mass is 381 g/mol. The molecule has 3 aromatic rings. The molecule has 2 nitrogen and oxygen atoms in total. The molecule has 5 heteroatoms. The van der Waals surface area contributed by atoms with E-state index in [1.54, 1.807) is 24.3 Å². The predicted molar refractivity (Wildman–Crippen MR) is 90.5 cm³/mol. The van der Waals surface area contributed by atoms with Gasteiger partial charge in [0.05, 0.1) is 0 Å². The Hall–Kier alpha value is -1.29. The largest absolute Gasteiger partial charge is 0.350 e. The van der Waals surface area contributed by atoms with Crippen molar-refractivity contribution in [3.8, 4) is 0 Å². The number of aromatic nitrogens is 1. The second-order valence-corrected chi connectivity index (χ2v) is 6.59. The molecule has 0 aliphatic carbocycles. The van der Waals surface area contributed by atoms with Gasteiger partial charge in [0.25, 0.3) is 0 Å². The van der Waals surface area contributed by atoms with Gasteiger partial charge in [0, 0.05) is 49.8 Å². The summed E-state index contributed by atoms with van der Waals surface area (Å²) < 4.78 is 2.68. The van der Waals surface area contributed by atoms with E-state index in [2.05, 4.69) is 15.9 Å². The highest BCUT2D eigenvalue weighted by Crippen LogP contribution is 2.28. The molecule has 0 bridgehead atoms. The van der Waals surface area contributed by atoms with Crippen LogP contribution in [0.5, 0.6) is 0 Å². The van der Waals surface area contributed by atoms with Gasteiger partial charge in [-0.2, -0.15) is 0 Å². The third-order valence-electron chi connectivity index (χ3n) is 3.32. The molecule has 0 atom stereocenters. The lowest BCUT2D eigenvalue weighted by atomic mass is 10.0. The normalized spacial score (nSPS) is 11.0. The first-order valence-corrected chi connectivity index (χ1v) is 7.76. The van der Waals surface area contributed by atoms with Crippen molar-refractivity contribution in [2.75, 3.05) is 0 Å². The minimum Gasteiger partial charge on any atom is -0.350 e. The van der Waals surface area contributed by atoms with Gasteiger partial charge in [-0.3, -0.25) is 4.79 Å². The zero-order chi connectivity index (χ0) is 15.1. The Kier molecular flexibility index (Phi) is 3.82. The Morgan fingerprint density at radius 2 is 1.86 bits per heavy atom. The maximum Gasteiger partial charge on any atom is 0.195 e. The van der Waals surface area contributed by atoms with E-state index >= 15 is 0 Å². The average molecular weight is 383 g/mol. The molecule has 0 aliphatic heterocycles. The number of benzene rings is 2. The maximum absolute atomic E-state index is 12.7. The van der Waals surface area contributed by atoms with Crippen LogP contribution in [0.15, 0.2) is 47.1 Å². The van der Waals surface area contributed by atoms with Gasteiger partial charge in [-0.05, 0) is 30.3 Å². The lowest BCUT2D eigenvalue weighted by Gasteiger charge is -2.02. The third-order valence-corrected chi connectivity index (χ3v) is 4.23. The molecule has 21 heavy (non-hydrogen) atoms. The second-order valence-electron chi connectivity index (χ2n) is 4.80. The molecule has 0 spiro atoms.